The Morgan fingerprint density at radius 3 is 2.65 bits per heavy atom. The number of hydrogen-bond acceptors (Lipinski definition) is 3. The third kappa shape index (κ3) is 5.32. The average Bonchev–Trinajstić information content (AvgIpc) is 2.35. The van der Waals surface area contributed by atoms with Gasteiger partial charge in [-0.3, -0.25) is 4.79 Å². The summed E-state index contributed by atoms with van der Waals surface area (Å²) >= 11 is 0. The summed E-state index contributed by atoms with van der Waals surface area (Å²) in [6.45, 7) is 1.77. The van der Waals surface area contributed by atoms with Crippen LogP contribution in [0.1, 0.15) is 12.5 Å². The summed E-state index contributed by atoms with van der Waals surface area (Å²) in [7, 11) is 0. The Hall–Kier alpha value is -2.36. The summed E-state index contributed by atoms with van der Waals surface area (Å²) in [6.07, 6.45) is 5.25. The molecule has 0 saturated carbocycles. The number of hydroxylamine groups is 1. The maximum absolute atomic E-state index is 11.1. The Morgan fingerprint density at radius 1 is 1.29 bits per heavy atom. The zero-order chi connectivity index (χ0) is 12.5. The first-order chi connectivity index (χ1) is 8.22. The molecule has 0 saturated heterocycles. The van der Waals surface area contributed by atoms with Gasteiger partial charge in [0.2, 0.25) is 6.41 Å². The lowest BCUT2D eigenvalue weighted by Crippen LogP contribution is -2.16. The monoisotopic (exact) mass is 231 g/mol. The maximum atomic E-state index is 11.1. The fourth-order valence-electron chi connectivity index (χ4n) is 1.14. The summed E-state index contributed by atoms with van der Waals surface area (Å²) in [5.41, 5.74) is 3.60. The first-order valence-corrected chi connectivity index (χ1v) is 5.04. The fraction of sp³-hybridized carbons (Fsp3) is 0.0769. The van der Waals surface area contributed by atoms with Crippen molar-refractivity contribution in [1.82, 2.24) is 5.48 Å². The molecule has 1 aromatic carbocycles. The number of amides is 1. The molecule has 1 aromatic rings. The van der Waals surface area contributed by atoms with E-state index in [1.165, 1.54) is 6.08 Å². The SMILES string of the molecule is CC(/C=C/c1ccccc1)=C\C(=O)ONC=O. The molecule has 17 heavy (non-hydrogen) atoms. The zero-order valence-corrected chi connectivity index (χ0v) is 9.42. The van der Waals surface area contributed by atoms with Crippen LogP contribution in [0.15, 0.2) is 48.1 Å². The van der Waals surface area contributed by atoms with E-state index in [4.69, 9.17) is 0 Å². The van der Waals surface area contributed by atoms with Crippen molar-refractivity contribution in [2.24, 2.45) is 0 Å². The second-order valence-corrected chi connectivity index (χ2v) is 3.29. The third-order valence-electron chi connectivity index (χ3n) is 1.89. The molecular formula is C13H13NO3. The number of rotatable bonds is 5. The van der Waals surface area contributed by atoms with Crippen molar-refractivity contribution in [3.63, 3.8) is 0 Å². The zero-order valence-electron chi connectivity index (χ0n) is 9.42. The molecule has 0 atom stereocenters. The molecule has 0 aliphatic heterocycles. The molecule has 0 aliphatic carbocycles. The van der Waals surface area contributed by atoms with Crippen molar-refractivity contribution >= 4 is 18.5 Å². The van der Waals surface area contributed by atoms with Crippen LogP contribution in [0.4, 0.5) is 0 Å². The van der Waals surface area contributed by atoms with Crippen molar-refractivity contribution in [2.45, 2.75) is 6.92 Å². The summed E-state index contributed by atoms with van der Waals surface area (Å²) in [6, 6.07) is 9.70. The molecule has 88 valence electrons. The van der Waals surface area contributed by atoms with Crippen LogP contribution in [-0.4, -0.2) is 12.4 Å². The molecule has 0 fully saturated rings. The van der Waals surface area contributed by atoms with Crippen LogP contribution in [0.25, 0.3) is 6.08 Å². The van der Waals surface area contributed by atoms with Gasteiger partial charge in [0, 0.05) is 6.08 Å². The molecule has 0 aromatic heterocycles. The fourth-order valence-corrected chi connectivity index (χ4v) is 1.14. The van der Waals surface area contributed by atoms with Crippen LogP contribution < -0.4 is 5.48 Å². The summed E-state index contributed by atoms with van der Waals surface area (Å²) in [5, 5.41) is 0. The predicted octanol–water partition coefficient (Wildman–Crippen LogP) is 1.85. The van der Waals surface area contributed by atoms with Gasteiger partial charge in [-0.2, -0.15) is 5.48 Å². The van der Waals surface area contributed by atoms with Gasteiger partial charge in [-0.25, -0.2) is 4.79 Å². The van der Waals surface area contributed by atoms with Gasteiger partial charge in [0.05, 0.1) is 0 Å². The molecule has 0 spiro atoms. The number of carbonyl (C=O) groups is 2. The molecular weight excluding hydrogens is 218 g/mol. The molecule has 0 radical (unpaired) electrons. The van der Waals surface area contributed by atoms with Gasteiger partial charge in [0.15, 0.2) is 0 Å². The van der Waals surface area contributed by atoms with E-state index in [1.54, 1.807) is 13.0 Å². The quantitative estimate of drug-likeness (QED) is 0.364. The van der Waals surface area contributed by atoms with Crippen molar-refractivity contribution in [3.8, 4) is 0 Å². The topological polar surface area (TPSA) is 55.4 Å². The number of benzene rings is 1. The Balaban J connectivity index is 2.56. The third-order valence-corrected chi connectivity index (χ3v) is 1.89. The van der Waals surface area contributed by atoms with Gasteiger partial charge in [-0.05, 0) is 18.1 Å². The summed E-state index contributed by atoms with van der Waals surface area (Å²) in [5.74, 6) is -0.618. The molecule has 4 nitrogen and oxygen atoms in total. The molecule has 0 bridgehead atoms. The Bertz CT molecular complexity index is 435. The molecule has 0 heterocycles. The van der Waals surface area contributed by atoms with E-state index in [-0.39, 0.29) is 0 Å². The van der Waals surface area contributed by atoms with Crippen LogP contribution in [-0.2, 0) is 14.4 Å². The molecule has 4 heteroatoms. The van der Waals surface area contributed by atoms with Crippen LogP contribution >= 0.6 is 0 Å². The normalized spacial score (nSPS) is 11.2. The largest absolute Gasteiger partial charge is 0.356 e. The smallest absolute Gasteiger partial charge is 0.336 e. The Labute approximate surface area is 99.5 Å². The lowest BCUT2D eigenvalue weighted by atomic mass is 10.1. The lowest BCUT2D eigenvalue weighted by Gasteiger charge is -1.96. The van der Waals surface area contributed by atoms with E-state index in [9.17, 15) is 9.59 Å². The van der Waals surface area contributed by atoms with Gasteiger partial charge >= 0.3 is 5.97 Å². The number of carbonyl (C=O) groups excluding carboxylic acids is 2. The summed E-state index contributed by atoms with van der Waals surface area (Å²) < 4.78 is 0. The van der Waals surface area contributed by atoms with Crippen molar-refractivity contribution in [1.29, 1.82) is 0 Å². The van der Waals surface area contributed by atoms with Gasteiger partial charge in [0.1, 0.15) is 0 Å². The number of nitrogens with one attached hydrogen (secondary N) is 1. The number of hydrogen-bond donors (Lipinski definition) is 1. The summed E-state index contributed by atoms with van der Waals surface area (Å²) in [4.78, 5) is 25.3. The first kappa shape index (κ1) is 12.7. The van der Waals surface area contributed by atoms with Crippen LogP contribution in [0, 0.1) is 0 Å². The predicted molar refractivity (Wildman–Crippen MR) is 64.5 cm³/mol. The lowest BCUT2D eigenvalue weighted by molar-refractivity contribution is -0.149. The van der Waals surface area contributed by atoms with Gasteiger partial charge in [-0.1, -0.05) is 42.5 Å². The standard InChI is InChI=1S/C13H13NO3/c1-11(9-13(16)17-14-10-15)7-8-12-5-3-2-4-6-12/h2-10H,1H3,(H,14,15)/b8-7+,11-9+. The molecule has 1 N–H and O–H groups in total. The minimum atomic E-state index is -0.618. The van der Waals surface area contributed by atoms with Crippen LogP contribution in [0.5, 0.6) is 0 Å². The average molecular weight is 231 g/mol. The second kappa shape index (κ2) is 7.00. The highest BCUT2D eigenvalue weighted by molar-refractivity contribution is 5.83. The minimum absolute atomic E-state index is 0.293. The van der Waals surface area contributed by atoms with Gasteiger partial charge < -0.3 is 4.84 Å². The van der Waals surface area contributed by atoms with E-state index in [2.05, 4.69) is 4.84 Å². The minimum Gasteiger partial charge on any atom is -0.336 e. The highest BCUT2D eigenvalue weighted by Crippen LogP contribution is 2.04. The maximum Gasteiger partial charge on any atom is 0.356 e. The van der Waals surface area contributed by atoms with Gasteiger partial charge in [-0.15, -0.1) is 0 Å². The molecule has 1 amide bonds. The van der Waals surface area contributed by atoms with E-state index in [0.717, 1.165) is 11.1 Å². The molecule has 1 rings (SSSR count). The van der Waals surface area contributed by atoms with Crippen LogP contribution in [0.3, 0.4) is 0 Å². The highest BCUT2D eigenvalue weighted by atomic mass is 16.7. The van der Waals surface area contributed by atoms with E-state index in [0.29, 0.717) is 6.41 Å². The number of allylic oxidation sites excluding steroid dienone is 2. The molecule has 0 unspecified atom stereocenters. The van der Waals surface area contributed by atoms with E-state index in [1.807, 2.05) is 41.9 Å². The molecule has 0 aliphatic rings. The Kier molecular flexibility index (Phi) is 5.24. The van der Waals surface area contributed by atoms with E-state index >= 15 is 0 Å². The second-order valence-electron chi connectivity index (χ2n) is 3.29. The van der Waals surface area contributed by atoms with Crippen molar-refractivity contribution < 1.29 is 14.4 Å². The first-order valence-electron chi connectivity index (χ1n) is 5.04. The highest BCUT2D eigenvalue weighted by Gasteiger charge is 1.96. The van der Waals surface area contributed by atoms with Gasteiger partial charge in [0.25, 0.3) is 0 Å². The Morgan fingerprint density at radius 2 is 2.00 bits per heavy atom. The van der Waals surface area contributed by atoms with Crippen molar-refractivity contribution in [3.05, 3.63) is 53.6 Å². The van der Waals surface area contributed by atoms with E-state index < -0.39 is 5.97 Å². The van der Waals surface area contributed by atoms with Crippen LogP contribution in [0.2, 0.25) is 0 Å². The van der Waals surface area contributed by atoms with Crippen molar-refractivity contribution in [2.75, 3.05) is 0 Å².